The van der Waals surface area contributed by atoms with Crippen LogP contribution in [0.25, 0.3) is 16.5 Å². The molecule has 0 aliphatic heterocycles. The standard InChI is InChI=1S/C13H12N2O3/c1-8-10-6-4-5-7-11(10)12(16)15(14-8)9(2)13(17)18-3/h4-7H,2H2,1,3H3. The minimum Gasteiger partial charge on any atom is -0.464 e. The molecule has 0 saturated carbocycles. The molecule has 0 aliphatic carbocycles. The Morgan fingerprint density at radius 2 is 1.94 bits per heavy atom. The van der Waals surface area contributed by atoms with E-state index >= 15 is 0 Å². The van der Waals surface area contributed by atoms with Gasteiger partial charge in [0.25, 0.3) is 5.56 Å². The zero-order chi connectivity index (χ0) is 13.3. The first kappa shape index (κ1) is 12.0. The van der Waals surface area contributed by atoms with E-state index in [1.54, 1.807) is 19.1 Å². The van der Waals surface area contributed by atoms with Crippen LogP contribution in [0, 0.1) is 6.92 Å². The number of rotatable bonds is 2. The number of methoxy groups -OCH3 is 1. The Bertz CT molecular complexity index is 701. The van der Waals surface area contributed by atoms with Gasteiger partial charge in [0.05, 0.1) is 18.2 Å². The predicted molar refractivity (Wildman–Crippen MR) is 68.1 cm³/mol. The lowest BCUT2D eigenvalue weighted by molar-refractivity contribution is -0.134. The molecule has 0 amide bonds. The number of benzene rings is 1. The number of carbonyl (C=O) groups is 1. The number of hydrogen-bond donors (Lipinski definition) is 0. The summed E-state index contributed by atoms with van der Waals surface area (Å²) in [5, 5.41) is 5.33. The maximum atomic E-state index is 12.2. The fourth-order valence-corrected chi connectivity index (χ4v) is 1.74. The molecule has 0 atom stereocenters. The zero-order valence-corrected chi connectivity index (χ0v) is 10.1. The van der Waals surface area contributed by atoms with Crippen molar-refractivity contribution in [3.8, 4) is 0 Å². The van der Waals surface area contributed by atoms with E-state index in [0.29, 0.717) is 11.1 Å². The maximum Gasteiger partial charge on any atom is 0.356 e. The molecule has 2 aromatic rings. The SMILES string of the molecule is C=C(C(=O)OC)n1nc(C)c2ccccc2c1=O. The highest BCUT2D eigenvalue weighted by atomic mass is 16.5. The summed E-state index contributed by atoms with van der Waals surface area (Å²) in [4.78, 5) is 23.6. The molecule has 0 spiro atoms. The van der Waals surface area contributed by atoms with Crippen molar-refractivity contribution in [2.24, 2.45) is 0 Å². The van der Waals surface area contributed by atoms with Gasteiger partial charge in [-0.05, 0) is 13.0 Å². The number of esters is 1. The highest BCUT2D eigenvalue weighted by molar-refractivity contribution is 6.09. The second-order valence-electron chi connectivity index (χ2n) is 3.79. The molecule has 2 rings (SSSR count). The fraction of sp³-hybridized carbons (Fsp3) is 0.154. The third-order valence-electron chi connectivity index (χ3n) is 2.67. The molecular formula is C13H12N2O3. The molecule has 5 nitrogen and oxygen atoms in total. The topological polar surface area (TPSA) is 61.2 Å². The van der Waals surface area contributed by atoms with Gasteiger partial charge in [-0.15, -0.1) is 0 Å². The van der Waals surface area contributed by atoms with Gasteiger partial charge < -0.3 is 4.74 Å². The normalized spacial score (nSPS) is 10.3. The van der Waals surface area contributed by atoms with Crippen molar-refractivity contribution in [1.29, 1.82) is 0 Å². The van der Waals surface area contributed by atoms with E-state index in [9.17, 15) is 9.59 Å². The number of aryl methyl sites for hydroxylation is 1. The van der Waals surface area contributed by atoms with Gasteiger partial charge in [0.2, 0.25) is 0 Å². The number of fused-ring (bicyclic) bond motifs is 1. The minimum absolute atomic E-state index is 0.101. The highest BCUT2D eigenvalue weighted by Crippen LogP contribution is 2.13. The first-order valence-corrected chi connectivity index (χ1v) is 5.32. The van der Waals surface area contributed by atoms with E-state index in [2.05, 4.69) is 16.4 Å². The monoisotopic (exact) mass is 244 g/mol. The van der Waals surface area contributed by atoms with E-state index < -0.39 is 5.97 Å². The third-order valence-corrected chi connectivity index (χ3v) is 2.67. The van der Waals surface area contributed by atoms with E-state index in [4.69, 9.17) is 0 Å². The van der Waals surface area contributed by atoms with E-state index in [1.165, 1.54) is 7.11 Å². The molecular weight excluding hydrogens is 232 g/mol. The third kappa shape index (κ3) is 1.79. The van der Waals surface area contributed by atoms with Crippen molar-refractivity contribution in [3.05, 3.63) is 46.9 Å². The summed E-state index contributed by atoms with van der Waals surface area (Å²) in [6.07, 6.45) is 0. The summed E-state index contributed by atoms with van der Waals surface area (Å²) in [6.45, 7) is 5.30. The van der Waals surface area contributed by atoms with Crippen LogP contribution >= 0.6 is 0 Å². The Labute approximate surface area is 103 Å². The van der Waals surface area contributed by atoms with Crippen molar-refractivity contribution in [3.63, 3.8) is 0 Å². The fourth-order valence-electron chi connectivity index (χ4n) is 1.74. The number of aromatic nitrogens is 2. The molecule has 0 saturated heterocycles. The smallest absolute Gasteiger partial charge is 0.356 e. The molecule has 1 aromatic heterocycles. The van der Waals surface area contributed by atoms with Crippen LogP contribution in [0.15, 0.2) is 35.6 Å². The Morgan fingerprint density at radius 1 is 1.33 bits per heavy atom. The molecule has 18 heavy (non-hydrogen) atoms. The van der Waals surface area contributed by atoms with Crippen molar-refractivity contribution < 1.29 is 9.53 Å². The summed E-state index contributed by atoms with van der Waals surface area (Å²) in [6, 6.07) is 7.09. The molecule has 0 aliphatic rings. The van der Waals surface area contributed by atoms with Crippen LogP contribution in [-0.4, -0.2) is 22.9 Å². The quantitative estimate of drug-likeness (QED) is 0.591. The Hall–Kier alpha value is -2.43. The van der Waals surface area contributed by atoms with E-state index in [1.807, 2.05) is 12.1 Å². The van der Waals surface area contributed by atoms with E-state index in [0.717, 1.165) is 10.1 Å². The second-order valence-corrected chi connectivity index (χ2v) is 3.79. The number of nitrogens with zero attached hydrogens (tertiary/aromatic N) is 2. The molecule has 0 radical (unpaired) electrons. The van der Waals surface area contributed by atoms with Gasteiger partial charge >= 0.3 is 5.97 Å². The second kappa shape index (κ2) is 4.44. The zero-order valence-electron chi connectivity index (χ0n) is 10.1. The number of hydrogen-bond acceptors (Lipinski definition) is 4. The summed E-state index contributed by atoms with van der Waals surface area (Å²) >= 11 is 0. The van der Waals surface area contributed by atoms with Crippen LogP contribution in [0.3, 0.4) is 0 Å². The van der Waals surface area contributed by atoms with Crippen molar-refractivity contribution >= 4 is 22.4 Å². The number of carbonyl (C=O) groups excluding carboxylic acids is 1. The molecule has 1 heterocycles. The lowest BCUT2D eigenvalue weighted by Gasteiger charge is -2.09. The summed E-state index contributed by atoms with van der Waals surface area (Å²) in [7, 11) is 1.23. The molecule has 0 fully saturated rings. The van der Waals surface area contributed by atoms with Crippen LogP contribution in [0.1, 0.15) is 5.69 Å². The van der Waals surface area contributed by atoms with Crippen molar-refractivity contribution in [2.75, 3.05) is 7.11 Å². The van der Waals surface area contributed by atoms with Gasteiger partial charge in [0.1, 0.15) is 5.70 Å². The van der Waals surface area contributed by atoms with Crippen LogP contribution in [-0.2, 0) is 9.53 Å². The maximum absolute atomic E-state index is 12.2. The van der Waals surface area contributed by atoms with Crippen LogP contribution < -0.4 is 5.56 Å². The Kier molecular flexibility index (Phi) is 2.97. The van der Waals surface area contributed by atoms with Gasteiger partial charge in [-0.1, -0.05) is 24.8 Å². The van der Waals surface area contributed by atoms with E-state index in [-0.39, 0.29) is 11.3 Å². The molecule has 92 valence electrons. The van der Waals surface area contributed by atoms with Gasteiger partial charge in [-0.2, -0.15) is 9.78 Å². The van der Waals surface area contributed by atoms with Gasteiger partial charge in [-0.3, -0.25) is 4.79 Å². The van der Waals surface area contributed by atoms with Crippen LogP contribution in [0.4, 0.5) is 0 Å². The molecule has 0 bridgehead atoms. The van der Waals surface area contributed by atoms with Crippen molar-refractivity contribution in [1.82, 2.24) is 9.78 Å². The van der Waals surface area contributed by atoms with Crippen LogP contribution in [0.2, 0.25) is 0 Å². The van der Waals surface area contributed by atoms with Crippen LogP contribution in [0.5, 0.6) is 0 Å². The molecule has 5 heteroatoms. The Balaban J connectivity index is 2.75. The highest BCUT2D eigenvalue weighted by Gasteiger charge is 2.15. The molecule has 0 N–H and O–H groups in total. The van der Waals surface area contributed by atoms with Gasteiger partial charge in [-0.25, -0.2) is 4.79 Å². The first-order chi connectivity index (χ1) is 8.56. The summed E-state index contributed by atoms with van der Waals surface area (Å²) in [5.41, 5.74) is 0.165. The average molecular weight is 244 g/mol. The van der Waals surface area contributed by atoms with Gasteiger partial charge in [0.15, 0.2) is 0 Å². The lowest BCUT2D eigenvalue weighted by atomic mass is 10.1. The number of ether oxygens (including phenoxy) is 1. The largest absolute Gasteiger partial charge is 0.464 e. The molecule has 1 aromatic carbocycles. The van der Waals surface area contributed by atoms with Gasteiger partial charge in [0, 0.05) is 5.39 Å². The van der Waals surface area contributed by atoms with Crippen molar-refractivity contribution in [2.45, 2.75) is 6.92 Å². The lowest BCUT2D eigenvalue weighted by Crippen LogP contribution is -2.26. The summed E-state index contributed by atoms with van der Waals surface area (Å²) < 4.78 is 5.51. The average Bonchev–Trinajstić information content (AvgIpc) is 2.41. The summed E-state index contributed by atoms with van der Waals surface area (Å²) in [5.74, 6) is -0.681. The predicted octanol–water partition coefficient (Wildman–Crippen LogP) is 1.35. The molecule has 0 unspecified atom stereocenters. The Morgan fingerprint density at radius 3 is 2.56 bits per heavy atom. The first-order valence-electron chi connectivity index (χ1n) is 5.32. The minimum atomic E-state index is -0.681.